The van der Waals surface area contributed by atoms with Crippen molar-refractivity contribution in [2.24, 2.45) is 0 Å². The molecule has 3 heteroatoms. The first-order valence-electron chi connectivity index (χ1n) is 6.10. The molecule has 1 fully saturated rings. The highest BCUT2D eigenvalue weighted by atomic mass is 33.1. The Kier molecular flexibility index (Phi) is 5.90. The minimum Gasteiger partial charge on any atom is -0.390 e. The second-order valence-corrected chi connectivity index (χ2v) is 7.76. The molecule has 0 aromatic heterocycles. The largest absolute Gasteiger partial charge is 0.390 e. The van der Waals surface area contributed by atoms with E-state index in [1.54, 1.807) is 21.6 Å². The van der Waals surface area contributed by atoms with E-state index in [-0.39, 0.29) is 16.1 Å². The van der Waals surface area contributed by atoms with Gasteiger partial charge in [0, 0.05) is 4.75 Å². The van der Waals surface area contributed by atoms with Crippen LogP contribution in [0.1, 0.15) is 44.9 Å². The maximum atomic E-state index is 10.1. The lowest BCUT2D eigenvalue weighted by molar-refractivity contribution is 0.143. The van der Waals surface area contributed by atoms with Crippen LogP contribution in [0, 0.1) is 0 Å². The van der Waals surface area contributed by atoms with Gasteiger partial charge in [0.15, 0.2) is 0 Å². The highest BCUT2D eigenvalue weighted by Gasteiger charge is 2.43. The molecule has 96 valence electrons. The molecule has 1 N–H and O–H groups in total. The number of rotatable bonds is 1. The molecular weight excluding hydrogens is 248 g/mol. The zero-order valence-electron chi connectivity index (χ0n) is 11.0. The molecule has 1 nitrogen and oxygen atoms in total. The Morgan fingerprint density at radius 3 is 2.12 bits per heavy atom. The molecule has 1 aliphatic heterocycles. The summed E-state index contributed by atoms with van der Waals surface area (Å²) in [6.45, 7) is 8.44. The van der Waals surface area contributed by atoms with E-state index in [9.17, 15) is 5.11 Å². The predicted molar refractivity (Wildman–Crippen MR) is 80.4 cm³/mol. The van der Waals surface area contributed by atoms with E-state index in [1.807, 2.05) is 18.2 Å². The monoisotopic (exact) mass is 270 g/mol. The topological polar surface area (TPSA) is 20.2 Å². The van der Waals surface area contributed by atoms with Crippen molar-refractivity contribution in [2.75, 3.05) is 0 Å². The minimum absolute atomic E-state index is 0.0365. The van der Waals surface area contributed by atoms with Crippen molar-refractivity contribution in [3.8, 4) is 0 Å². The van der Waals surface area contributed by atoms with Crippen molar-refractivity contribution < 1.29 is 5.11 Å². The van der Waals surface area contributed by atoms with Crippen LogP contribution in [0.5, 0.6) is 0 Å². The van der Waals surface area contributed by atoms with E-state index in [0.29, 0.717) is 0 Å². The first-order valence-corrected chi connectivity index (χ1v) is 8.31. The number of hydrogen-bond donors (Lipinski definition) is 1. The van der Waals surface area contributed by atoms with Crippen LogP contribution in [-0.2, 0) is 0 Å². The molecule has 1 aliphatic rings. The van der Waals surface area contributed by atoms with Gasteiger partial charge in [0.05, 0.1) is 11.4 Å². The maximum Gasteiger partial charge on any atom is 0.0857 e. The number of benzene rings is 1. The zero-order valence-corrected chi connectivity index (χ0v) is 12.6. The molecule has 0 radical (unpaired) electrons. The van der Waals surface area contributed by atoms with Crippen molar-refractivity contribution >= 4 is 21.6 Å². The minimum atomic E-state index is -0.264. The van der Waals surface area contributed by atoms with E-state index < -0.39 is 0 Å². The van der Waals surface area contributed by atoms with Crippen molar-refractivity contribution in [2.45, 2.75) is 50.2 Å². The standard InChI is InChI=1S/C11H14OS2.C3H8/c1-11(2)10(12)9(13-14-11)8-6-4-3-5-7-8;1-3-2/h3-7,9-10,12H,1-2H3;3H2,1-2H3. The first-order chi connectivity index (χ1) is 8.03. The fraction of sp³-hybridized carbons (Fsp3) is 0.571. The third-order valence-electron chi connectivity index (χ3n) is 2.49. The van der Waals surface area contributed by atoms with Crippen LogP contribution < -0.4 is 0 Å². The molecule has 0 bridgehead atoms. The SMILES string of the molecule is CC1(C)SSC(c2ccccc2)C1O.CCC. The van der Waals surface area contributed by atoms with Gasteiger partial charge in [-0.25, -0.2) is 0 Å². The lowest BCUT2D eigenvalue weighted by atomic mass is 9.98. The van der Waals surface area contributed by atoms with Crippen LogP contribution in [0.15, 0.2) is 30.3 Å². The van der Waals surface area contributed by atoms with Gasteiger partial charge in [0.25, 0.3) is 0 Å². The lowest BCUT2D eigenvalue weighted by Crippen LogP contribution is -2.31. The summed E-state index contributed by atoms with van der Waals surface area (Å²) in [7, 11) is 3.55. The van der Waals surface area contributed by atoms with Gasteiger partial charge in [-0.2, -0.15) is 0 Å². The van der Waals surface area contributed by atoms with Crippen LogP contribution in [0.4, 0.5) is 0 Å². The molecule has 2 rings (SSSR count). The smallest absolute Gasteiger partial charge is 0.0857 e. The van der Waals surface area contributed by atoms with Crippen LogP contribution in [0.3, 0.4) is 0 Å². The molecule has 0 amide bonds. The van der Waals surface area contributed by atoms with Gasteiger partial charge < -0.3 is 5.11 Å². The van der Waals surface area contributed by atoms with E-state index in [0.717, 1.165) is 0 Å². The van der Waals surface area contributed by atoms with Gasteiger partial charge in [-0.1, -0.05) is 72.2 Å². The molecule has 1 heterocycles. The summed E-state index contributed by atoms with van der Waals surface area (Å²) >= 11 is 0. The Hall–Kier alpha value is -0.120. The average Bonchev–Trinajstić information content (AvgIpc) is 2.57. The lowest BCUT2D eigenvalue weighted by Gasteiger charge is -2.22. The van der Waals surface area contributed by atoms with E-state index in [2.05, 4.69) is 39.8 Å². The molecule has 0 saturated carbocycles. The molecule has 1 aromatic rings. The Morgan fingerprint density at radius 2 is 1.71 bits per heavy atom. The maximum absolute atomic E-state index is 10.1. The summed E-state index contributed by atoms with van der Waals surface area (Å²) in [5.41, 5.74) is 1.23. The van der Waals surface area contributed by atoms with E-state index >= 15 is 0 Å². The van der Waals surface area contributed by atoms with Gasteiger partial charge >= 0.3 is 0 Å². The highest BCUT2D eigenvalue weighted by molar-refractivity contribution is 8.77. The number of aliphatic hydroxyl groups excluding tert-OH is 1. The summed E-state index contributed by atoms with van der Waals surface area (Å²) in [4.78, 5) is 0. The Balaban J connectivity index is 0.000000437. The van der Waals surface area contributed by atoms with E-state index in [4.69, 9.17) is 0 Å². The summed E-state index contributed by atoms with van der Waals surface area (Å²) in [6.07, 6.45) is 0.986. The second kappa shape index (κ2) is 6.72. The highest BCUT2D eigenvalue weighted by Crippen LogP contribution is 2.57. The van der Waals surface area contributed by atoms with Gasteiger partial charge in [0.2, 0.25) is 0 Å². The van der Waals surface area contributed by atoms with Crippen LogP contribution in [0.2, 0.25) is 0 Å². The van der Waals surface area contributed by atoms with Crippen molar-refractivity contribution in [3.05, 3.63) is 35.9 Å². The fourth-order valence-corrected chi connectivity index (χ4v) is 4.91. The van der Waals surface area contributed by atoms with Crippen LogP contribution in [-0.4, -0.2) is 16.0 Å². The molecular formula is C14H22OS2. The molecule has 17 heavy (non-hydrogen) atoms. The molecule has 0 spiro atoms. The molecule has 1 aromatic carbocycles. The third-order valence-corrected chi connectivity index (χ3v) is 6.20. The predicted octanol–water partition coefficient (Wildman–Crippen LogP) is 4.68. The van der Waals surface area contributed by atoms with E-state index in [1.165, 1.54) is 12.0 Å². The van der Waals surface area contributed by atoms with Gasteiger partial charge in [0.1, 0.15) is 0 Å². The average molecular weight is 270 g/mol. The Labute approximate surface area is 113 Å². The molecule has 2 unspecified atom stereocenters. The Morgan fingerprint density at radius 1 is 1.18 bits per heavy atom. The third kappa shape index (κ3) is 3.94. The molecule has 2 atom stereocenters. The van der Waals surface area contributed by atoms with Crippen LogP contribution >= 0.6 is 21.6 Å². The summed E-state index contributed by atoms with van der Waals surface area (Å²) in [6, 6.07) is 10.2. The van der Waals surface area contributed by atoms with Gasteiger partial charge in [-0.05, 0) is 19.4 Å². The van der Waals surface area contributed by atoms with Gasteiger partial charge in [-0.3, -0.25) is 0 Å². The Bertz CT molecular complexity index is 324. The number of aliphatic hydroxyl groups is 1. The second-order valence-electron chi connectivity index (χ2n) is 4.77. The van der Waals surface area contributed by atoms with Crippen molar-refractivity contribution in [1.82, 2.24) is 0 Å². The van der Waals surface area contributed by atoms with Crippen LogP contribution in [0.25, 0.3) is 0 Å². The molecule has 1 saturated heterocycles. The summed E-state index contributed by atoms with van der Waals surface area (Å²) < 4.78 is -0.0365. The van der Waals surface area contributed by atoms with Crippen molar-refractivity contribution in [1.29, 1.82) is 0 Å². The number of hydrogen-bond acceptors (Lipinski definition) is 3. The molecule has 0 aliphatic carbocycles. The summed E-state index contributed by atoms with van der Waals surface area (Å²) in [5.74, 6) is 0. The van der Waals surface area contributed by atoms with Crippen molar-refractivity contribution in [3.63, 3.8) is 0 Å². The zero-order chi connectivity index (χ0) is 12.9. The summed E-state index contributed by atoms with van der Waals surface area (Å²) in [5, 5.41) is 10.3. The first kappa shape index (κ1) is 14.9. The van der Waals surface area contributed by atoms with Gasteiger partial charge in [-0.15, -0.1) is 0 Å². The normalized spacial score (nSPS) is 26.2. The quantitative estimate of drug-likeness (QED) is 0.748. The fourth-order valence-electron chi connectivity index (χ4n) is 1.52.